The van der Waals surface area contributed by atoms with Crippen molar-refractivity contribution in [2.24, 2.45) is 0 Å². The van der Waals surface area contributed by atoms with Crippen LogP contribution < -0.4 is 10.5 Å². The van der Waals surface area contributed by atoms with Crippen molar-refractivity contribution in [1.29, 1.82) is 0 Å². The fourth-order valence-electron chi connectivity index (χ4n) is 1.63. The van der Waals surface area contributed by atoms with Crippen molar-refractivity contribution in [3.05, 3.63) is 59.2 Å². The summed E-state index contributed by atoms with van der Waals surface area (Å²) >= 11 is 0. The maximum atomic E-state index is 13.5. The van der Waals surface area contributed by atoms with Crippen molar-refractivity contribution in [3.8, 4) is 5.75 Å². The highest BCUT2D eigenvalue weighted by Gasteiger charge is 2.31. The first-order valence-electron chi connectivity index (χ1n) is 5.81. The number of hydrogen-bond acceptors (Lipinski definition) is 2. The van der Waals surface area contributed by atoms with E-state index in [0.717, 1.165) is 12.1 Å². The molecule has 0 aromatic heterocycles. The Morgan fingerprint density at radius 1 is 0.952 bits per heavy atom. The molecule has 0 fully saturated rings. The van der Waals surface area contributed by atoms with E-state index in [1.807, 2.05) is 0 Å². The van der Waals surface area contributed by atoms with Gasteiger partial charge >= 0.3 is 6.18 Å². The monoisotopic (exact) mass is 303 g/mol. The highest BCUT2D eigenvalue weighted by molar-refractivity contribution is 5.45. The van der Waals surface area contributed by atoms with E-state index in [4.69, 9.17) is 10.5 Å². The first-order chi connectivity index (χ1) is 9.77. The maximum Gasteiger partial charge on any atom is 0.416 e. The van der Waals surface area contributed by atoms with Gasteiger partial charge in [-0.1, -0.05) is 0 Å². The van der Waals surface area contributed by atoms with Crippen molar-refractivity contribution < 1.29 is 26.7 Å². The molecule has 0 saturated heterocycles. The summed E-state index contributed by atoms with van der Waals surface area (Å²) in [5.41, 5.74) is 3.93. The van der Waals surface area contributed by atoms with Crippen LogP contribution in [0.15, 0.2) is 36.4 Å². The van der Waals surface area contributed by atoms with Crippen molar-refractivity contribution in [2.45, 2.75) is 12.8 Å². The topological polar surface area (TPSA) is 35.2 Å². The first-order valence-corrected chi connectivity index (χ1v) is 5.81. The molecule has 2 N–H and O–H groups in total. The second-order valence-corrected chi connectivity index (χ2v) is 4.28. The SMILES string of the molecule is Nc1cc(OCc2cc(C(F)(F)F)ccc2F)ccc1F. The van der Waals surface area contributed by atoms with Gasteiger partial charge in [0.05, 0.1) is 11.3 Å². The van der Waals surface area contributed by atoms with Gasteiger partial charge in [-0.25, -0.2) is 8.78 Å². The van der Waals surface area contributed by atoms with E-state index in [-0.39, 0.29) is 17.0 Å². The van der Waals surface area contributed by atoms with Crippen LogP contribution in [0.1, 0.15) is 11.1 Å². The smallest absolute Gasteiger partial charge is 0.416 e. The van der Waals surface area contributed by atoms with E-state index in [1.54, 1.807) is 0 Å². The number of hydrogen-bond donors (Lipinski definition) is 1. The van der Waals surface area contributed by atoms with E-state index in [0.29, 0.717) is 12.1 Å². The number of rotatable bonds is 3. The fourth-order valence-corrected chi connectivity index (χ4v) is 1.63. The normalized spacial score (nSPS) is 11.5. The summed E-state index contributed by atoms with van der Waals surface area (Å²) in [5.74, 6) is -1.34. The van der Waals surface area contributed by atoms with Crippen LogP contribution in [0.3, 0.4) is 0 Å². The summed E-state index contributed by atoms with van der Waals surface area (Å²) in [6.07, 6.45) is -4.57. The van der Waals surface area contributed by atoms with Crippen molar-refractivity contribution >= 4 is 5.69 Å². The van der Waals surface area contributed by atoms with Crippen LogP contribution in [-0.4, -0.2) is 0 Å². The minimum Gasteiger partial charge on any atom is -0.489 e. The van der Waals surface area contributed by atoms with E-state index in [1.165, 1.54) is 12.1 Å². The van der Waals surface area contributed by atoms with E-state index in [9.17, 15) is 22.0 Å². The van der Waals surface area contributed by atoms with Gasteiger partial charge in [-0.3, -0.25) is 0 Å². The lowest BCUT2D eigenvalue weighted by molar-refractivity contribution is -0.137. The zero-order chi connectivity index (χ0) is 15.6. The van der Waals surface area contributed by atoms with Crippen molar-refractivity contribution in [1.82, 2.24) is 0 Å². The molecule has 2 nitrogen and oxygen atoms in total. The van der Waals surface area contributed by atoms with Crippen LogP contribution in [0.4, 0.5) is 27.6 Å². The fraction of sp³-hybridized carbons (Fsp3) is 0.143. The molecule has 0 bridgehead atoms. The van der Waals surface area contributed by atoms with Crippen LogP contribution >= 0.6 is 0 Å². The van der Waals surface area contributed by atoms with Crippen LogP contribution in [0, 0.1) is 11.6 Å². The van der Waals surface area contributed by atoms with Gasteiger partial charge in [0.15, 0.2) is 0 Å². The summed E-state index contributed by atoms with van der Waals surface area (Å²) in [6, 6.07) is 5.50. The lowest BCUT2D eigenvalue weighted by atomic mass is 10.1. The Kier molecular flexibility index (Phi) is 4.02. The molecule has 2 aromatic rings. The maximum absolute atomic E-state index is 13.5. The van der Waals surface area contributed by atoms with E-state index < -0.39 is 30.0 Å². The summed E-state index contributed by atoms with van der Waals surface area (Å²) in [7, 11) is 0. The van der Waals surface area contributed by atoms with Gasteiger partial charge in [0, 0.05) is 11.6 Å². The standard InChI is InChI=1S/C14H10F5NO/c15-11-3-1-9(14(17,18)19)5-8(11)7-21-10-2-4-12(16)13(20)6-10/h1-6H,7,20H2. The van der Waals surface area contributed by atoms with Gasteiger partial charge in [0.2, 0.25) is 0 Å². The lowest BCUT2D eigenvalue weighted by Crippen LogP contribution is -2.08. The van der Waals surface area contributed by atoms with Gasteiger partial charge in [-0.2, -0.15) is 13.2 Å². The molecule has 0 aliphatic rings. The quantitative estimate of drug-likeness (QED) is 0.683. The van der Waals surface area contributed by atoms with Gasteiger partial charge in [0.25, 0.3) is 0 Å². The molecular formula is C14H10F5NO. The predicted molar refractivity (Wildman–Crippen MR) is 66.5 cm³/mol. The number of anilines is 1. The molecule has 0 aliphatic heterocycles. The van der Waals surface area contributed by atoms with E-state index >= 15 is 0 Å². The number of nitrogens with two attached hydrogens (primary N) is 1. The molecular weight excluding hydrogens is 293 g/mol. The average Bonchev–Trinajstić information content (AvgIpc) is 2.40. The molecule has 0 unspecified atom stereocenters. The third-order valence-electron chi connectivity index (χ3n) is 2.73. The Hall–Kier alpha value is -2.31. The highest BCUT2D eigenvalue weighted by atomic mass is 19.4. The molecule has 0 heterocycles. The van der Waals surface area contributed by atoms with Gasteiger partial charge in [-0.15, -0.1) is 0 Å². The molecule has 21 heavy (non-hydrogen) atoms. The van der Waals surface area contributed by atoms with Gasteiger partial charge in [-0.05, 0) is 30.3 Å². The summed E-state index contributed by atoms with van der Waals surface area (Å²) in [6.45, 7) is -0.430. The molecule has 2 rings (SSSR count). The Morgan fingerprint density at radius 3 is 2.24 bits per heavy atom. The number of alkyl halides is 3. The largest absolute Gasteiger partial charge is 0.489 e. The van der Waals surface area contributed by atoms with Gasteiger partial charge < -0.3 is 10.5 Å². The Morgan fingerprint density at radius 2 is 1.62 bits per heavy atom. The number of halogens is 5. The Labute approximate surface area is 116 Å². The second-order valence-electron chi connectivity index (χ2n) is 4.28. The molecule has 0 atom stereocenters. The highest BCUT2D eigenvalue weighted by Crippen LogP contribution is 2.30. The number of ether oxygens (including phenoxy) is 1. The summed E-state index contributed by atoms with van der Waals surface area (Å²) in [4.78, 5) is 0. The Bertz CT molecular complexity index is 654. The predicted octanol–water partition coefficient (Wildman–Crippen LogP) is 4.14. The summed E-state index contributed by atoms with van der Waals surface area (Å²) in [5, 5.41) is 0. The minimum atomic E-state index is -4.57. The van der Waals surface area contributed by atoms with Crippen LogP contribution in [0.2, 0.25) is 0 Å². The van der Waals surface area contributed by atoms with Crippen molar-refractivity contribution in [2.75, 3.05) is 5.73 Å². The zero-order valence-corrected chi connectivity index (χ0v) is 10.5. The number of nitrogen functional groups attached to an aromatic ring is 1. The van der Waals surface area contributed by atoms with Crippen molar-refractivity contribution in [3.63, 3.8) is 0 Å². The van der Waals surface area contributed by atoms with E-state index in [2.05, 4.69) is 0 Å². The average molecular weight is 303 g/mol. The van der Waals surface area contributed by atoms with Gasteiger partial charge in [0.1, 0.15) is 24.0 Å². The molecule has 0 amide bonds. The Balaban J connectivity index is 2.17. The second kappa shape index (κ2) is 5.59. The molecule has 112 valence electrons. The summed E-state index contributed by atoms with van der Waals surface area (Å²) < 4.78 is 69.2. The van der Waals surface area contributed by atoms with Crippen LogP contribution in [-0.2, 0) is 12.8 Å². The minimum absolute atomic E-state index is 0.130. The molecule has 2 aromatic carbocycles. The molecule has 7 heteroatoms. The lowest BCUT2D eigenvalue weighted by Gasteiger charge is -2.11. The zero-order valence-electron chi connectivity index (χ0n) is 10.5. The molecule has 0 spiro atoms. The van der Waals surface area contributed by atoms with Crippen LogP contribution in [0.5, 0.6) is 5.75 Å². The molecule has 0 radical (unpaired) electrons. The third-order valence-corrected chi connectivity index (χ3v) is 2.73. The number of benzene rings is 2. The van der Waals surface area contributed by atoms with Crippen LogP contribution in [0.25, 0.3) is 0 Å². The third kappa shape index (κ3) is 3.62. The first kappa shape index (κ1) is 15.1. The molecule has 0 aliphatic carbocycles. The molecule has 0 saturated carbocycles.